The van der Waals surface area contributed by atoms with Crippen molar-refractivity contribution < 1.29 is 4.79 Å². The average molecular weight is 346 g/mol. The van der Waals surface area contributed by atoms with Gasteiger partial charge in [0.25, 0.3) is 5.91 Å². The van der Waals surface area contributed by atoms with Gasteiger partial charge in [0, 0.05) is 4.88 Å². The lowest BCUT2D eigenvalue weighted by Crippen LogP contribution is -2.10. The highest BCUT2D eigenvalue weighted by molar-refractivity contribution is 9.10. The van der Waals surface area contributed by atoms with E-state index in [1.807, 2.05) is 19.9 Å². The maximum absolute atomic E-state index is 12.0. The lowest BCUT2D eigenvalue weighted by Gasteiger charge is -2.04. The van der Waals surface area contributed by atoms with Gasteiger partial charge in [-0.1, -0.05) is 11.6 Å². The highest BCUT2D eigenvalue weighted by Gasteiger charge is 2.11. The standard InChI is InChI=1S/C12H10BrClN2OS/c1-6-3-10(18-7(6)2)12(17)16-8-4-9(13)11(14)15-5-8/h3-5H,1-2H3,(H,16,17). The van der Waals surface area contributed by atoms with Crippen LogP contribution in [0.4, 0.5) is 5.69 Å². The van der Waals surface area contributed by atoms with E-state index in [9.17, 15) is 4.79 Å². The quantitative estimate of drug-likeness (QED) is 0.818. The smallest absolute Gasteiger partial charge is 0.265 e. The molecule has 0 atom stereocenters. The summed E-state index contributed by atoms with van der Waals surface area (Å²) >= 11 is 10.5. The third kappa shape index (κ3) is 2.91. The lowest BCUT2D eigenvalue weighted by molar-refractivity contribution is 0.103. The van der Waals surface area contributed by atoms with E-state index in [-0.39, 0.29) is 5.91 Å². The van der Waals surface area contributed by atoms with E-state index < -0.39 is 0 Å². The summed E-state index contributed by atoms with van der Waals surface area (Å²) in [5.41, 5.74) is 1.74. The van der Waals surface area contributed by atoms with Gasteiger partial charge in [0.1, 0.15) is 5.15 Å². The number of anilines is 1. The Kier molecular flexibility index (Phi) is 4.04. The topological polar surface area (TPSA) is 42.0 Å². The molecule has 2 aromatic rings. The molecular weight excluding hydrogens is 336 g/mol. The van der Waals surface area contributed by atoms with Crippen molar-refractivity contribution in [3.05, 3.63) is 43.3 Å². The fourth-order valence-corrected chi connectivity index (χ4v) is 2.75. The number of pyridine rings is 1. The molecule has 0 saturated carbocycles. The van der Waals surface area contributed by atoms with Crippen LogP contribution in [0.1, 0.15) is 20.1 Å². The van der Waals surface area contributed by atoms with Gasteiger partial charge in [-0.3, -0.25) is 4.79 Å². The largest absolute Gasteiger partial charge is 0.320 e. The van der Waals surface area contributed by atoms with Gasteiger partial charge in [0.15, 0.2) is 0 Å². The fraction of sp³-hybridized carbons (Fsp3) is 0.167. The molecule has 2 aromatic heterocycles. The fourth-order valence-electron chi connectivity index (χ4n) is 1.37. The molecule has 1 amide bonds. The number of carbonyl (C=O) groups excluding carboxylic acids is 1. The zero-order chi connectivity index (χ0) is 13.3. The molecule has 0 bridgehead atoms. The number of hydrogen-bond donors (Lipinski definition) is 1. The van der Waals surface area contributed by atoms with E-state index in [1.165, 1.54) is 17.5 Å². The number of rotatable bonds is 2. The zero-order valence-electron chi connectivity index (χ0n) is 9.75. The van der Waals surface area contributed by atoms with Crippen LogP contribution in [0.15, 0.2) is 22.8 Å². The van der Waals surface area contributed by atoms with E-state index in [1.54, 1.807) is 6.07 Å². The van der Waals surface area contributed by atoms with E-state index >= 15 is 0 Å². The van der Waals surface area contributed by atoms with Crippen LogP contribution in [0.2, 0.25) is 5.15 Å². The van der Waals surface area contributed by atoms with Crippen LogP contribution in [0.3, 0.4) is 0 Å². The molecule has 6 heteroatoms. The molecule has 18 heavy (non-hydrogen) atoms. The highest BCUT2D eigenvalue weighted by atomic mass is 79.9. The van der Waals surface area contributed by atoms with E-state index in [2.05, 4.69) is 26.2 Å². The summed E-state index contributed by atoms with van der Waals surface area (Å²) < 4.78 is 0.653. The van der Waals surface area contributed by atoms with Crippen molar-refractivity contribution in [2.45, 2.75) is 13.8 Å². The molecule has 2 heterocycles. The average Bonchev–Trinajstić information content (AvgIpc) is 2.65. The van der Waals surface area contributed by atoms with Crippen molar-refractivity contribution in [1.82, 2.24) is 4.98 Å². The first-order valence-electron chi connectivity index (χ1n) is 5.17. The number of amides is 1. The number of halogens is 2. The molecule has 0 aromatic carbocycles. The molecule has 0 aliphatic carbocycles. The summed E-state index contributed by atoms with van der Waals surface area (Å²) in [7, 11) is 0. The van der Waals surface area contributed by atoms with Crippen molar-refractivity contribution in [2.24, 2.45) is 0 Å². The molecule has 3 nitrogen and oxygen atoms in total. The molecule has 0 unspecified atom stereocenters. The molecule has 94 valence electrons. The van der Waals surface area contributed by atoms with Gasteiger partial charge in [-0.25, -0.2) is 4.98 Å². The van der Waals surface area contributed by atoms with E-state index in [0.29, 0.717) is 20.2 Å². The highest BCUT2D eigenvalue weighted by Crippen LogP contribution is 2.25. The third-order valence-electron chi connectivity index (χ3n) is 2.44. The lowest BCUT2D eigenvalue weighted by atomic mass is 10.3. The Bertz CT molecular complexity index is 593. The Morgan fingerprint density at radius 3 is 2.72 bits per heavy atom. The second-order valence-electron chi connectivity index (χ2n) is 3.80. The van der Waals surface area contributed by atoms with Crippen molar-refractivity contribution >= 4 is 50.5 Å². The molecular formula is C12H10BrClN2OS. The Morgan fingerprint density at radius 1 is 1.44 bits per heavy atom. The van der Waals surface area contributed by atoms with Gasteiger partial charge in [0.05, 0.1) is 21.2 Å². The number of thiophene rings is 1. The van der Waals surface area contributed by atoms with Crippen LogP contribution in [-0.2, 0) is 0 Å². The normalized spacial score (nSPS) is 10.4. The number of aromatic nitrogens is 1. The molecule has 1 N–H and O–H groups in total. The monoisotopic (exact) mass is 344 g/mol. The summed E-state index contributed by atoms with van der Waals surface area (Å²) in [6, 6.07) is 3.61. The van der Waals surface area contributed by atoms with Crippen LogP contribution in [0.25, 0.3) is 0 Å². The van der Waals surface area contributed by atoms with Gasteiger partial charge in [0.2, 0.25) is 0 Å². The second-order valence-corrected chi connectivity index (χ2v) is 6.27. The molecule has 0 spiro atoms. The molecule has 0 fully saturated rings. The molecule has 2 rings (SSSR count). The Balaban J connectivity index is 2.18. The molecule has 0 radical (unpaired) electrons. The predicted molar refractivity (Wildman–Crippen MR) is 78.7 cm³/mol. The zero-order valence-corrected chi connectivity index (χ0v) is 12.9. The van der Waals surface area contributed by atoms with Crippen LogP contribution < -0.4 is 5.32 Å². The minimum Gasteiger partial charge on any atom is -0.320 e. The first-order valence-corrected chi connectivity index (χ1v) is 7.15. The first kappa shape index (κ1) is 13.5. The Morgan fingerprint density at radius 2 is 2.17 bits per heavy atom. The van der Waals surface area contributed by atoms with Crippen LogP contribution in [0.5, 0.6) is 0 Å². The summed E-state index contributed by atoms with van der Waals surface area (Å²) in [4.78, 5) is 17.8. The predicted octanol–water partition coefficient (Wildman–Crippen LogP) is 4.43. The minimum absolute atomic E-state index is 0.132. The number of nitrogens with zero attached hydrogens (tertiary/aromatic N) is 1. The van der Waals surface area contributed by atoms with Gasteiger partial charge >= 0.3 is 0 Å². The summed E-state index contributed by atoms with van der Waals surface area (Å²) in [5.74, 6) is -0.132. The van der Waals surface area contributed by atoms with Crippen LogP contribution >= 0.6 is 38.9 Å². The minimum atomic E-state index is -0.132. The summed E-state index contributed by atoms with van der Waals surface area (Å²) in [6.07, 6.45) is 1.53. The van der Waals surface area contributed by atoms with E-state index in [4.69, 9.17) is 11.6 Å². The van der Waals surface area contributed by atoms with Crippen molar-refractivity contribution in [1.29, 1.82) is 0 Å². The van der Waals surface area contributed by atoms with Gasteiger partial charge < -0.3 is 5.32 Å². The Labute approximate surface area is 122 Å². The van der Waals surface area contributed by atoms with Crippen molar-refractivity contribution in [3.8, 4) is 0 Å². The second kappa shape index (κ2) is 5.38. The summed E-state index contributed by atoms with van der Waals surface area (Å²) in [6.45, 7) is 3.99. The van der Waals surface area contributed by atoms with E-state index in [0.717, 1.165) is 10.4 Å². The van der Waals surface area contributed by atoms with Gasteiger partial charge in [-0.15, -0.1) is 11.3 Å². The molecule has 0 aliphatic heterocycles. The SMILES string of the molecule is Cc1cc(C(=O)Nc2cnc(Cl)c(Br)c2)sc1C. The third-order valence-corrected chi connectivity index (χ3v) is 4.73. The van der Waals surface area contributed by atoms with Crippen LogP contribution in [0, 0.1) is 13.8 Å². The van der Waals surface area contributed by atoms with Crippen LogP contribution in [-0.4, -0.2) is 10.9 Å². The number of hydrogen-bond acceptors (Lipinski definition) is 3. The van der Waals surface area contributed by atoms with Gasteiger partial charge in [-0.2, -0.15) is 0 Å². The maximum atomic E-state index is 12.0. The maximum Gasteiger partial charge on any atom is 0.265 e. The summed E-state index contributed by atoms with van der Waals surface area (Å²) in [5, 5.41) is 3.16. The number of nitrogens with one attached hydrogen (secondary N) is 1. The number of carbonyl (C=O) groups is 1. The van der Waals surface area contributed by atoms with Crippen molar-refractivity contribution in [3.63, 3.8) is 0 Å². The first-order chi connectivity index (χ1) is 8.47. The molecule has 0 saturated heterocycles. The molecule has 0 aliphatic rings. The number of aryl methyl sites for hydroxylation is 2. The van der Waals surface area contributed by atoms with Crippen molar-refractivity contribution in [2.75, 3.05) is 5.32 Å². The Hall–Kier alpha value is -0.910. The van der Waals surface area contributed by atoms with Gasteiger partial charge in [-0.05, 0) is 47.5 Å².